The van der Waals surface area contributed by atoms with Gasteiger partial charge in [-0.05, 0) is 56.5 Å². The van der Waals surface area contributed by atoms with Crippen molar-refractivity contribution in [3.05, 3.63) is 84.1 Å². The Labute approximate surface area is 205 Å². The number of nitrogens with zero attached hydrogens (tertiary/aromatic N) is 3. The number of imidazole rings is 1. The van der Waals surface area contributed by atoms with E-state index >= 15 is 0 Å². The zero-order chi connectivity index (χ0) is 24.6. The van der Waals surface area contributed by atoms with Crippen molar-refractivity contribution in [1.29, 1.82) is 0 Å². The smallest absolute Gasteiger partial charge is 0.257 e. The summed E-state index contributed by atoms with van der Waals surface area (Å²) < 4.78 is 30.2. The number of pyridine rings is 1. The first kappa shape index (κ1) is 23.3. The Balaban J connectivity index is 1.53. The summed E-state index contributed by atoms with van der Waals surface area (Å²) in [5, 5.41) is 3.01. The maximum atomic E-state index is 13.5. The van der Waals surface area contributed by atoms with Crippen LogP contribution in [-0.4, -0.2) is 40.6 Å². The quantitative estimate of drug-likeness (QED) is 0.422. The van der Waals surface area contributed by atoms with E-state index in [0.29, 0.717) is 34.8 Å². The molecule has 1 saturated heterocycles. The highest BCUT2D eigenvalue weighted by Gasteiger charge is 2.31. The molecular formula is C27H28N4O3S. The van der Waals surface area contributed by atoms with Crippen molar-refractivity contribution in [1.82, 2.24) is 13.7 Å². The number of fused-ring (bicyclic) bond motifs is 1. The number of carbonyl (C=O) groups excluding carboxylic acids is 1. The van der Waals surface area contributed by atoms with Crippen molar-refractivity contribution in [2.75, 3.05) is 11.9 Å². The minimum Gasteiger partial charge on any atom is -0.306 e. The third-order valence-electron chi connectivity index (χ3n) is 6.61. The number of rotatable bonds is 5. The fourth-order valence-electron chi connectivity index (χ4n) is 4.66. The van der Waals surface area contributed by atoms with Crippen LogP contribution >= 0.6 is 0 Å². The van der Waals surface area contributed by atoms with E-state index in [1.807, 2.05) is 66.1 Å². The molecule has 1 fully saturated rings. The second-order valence-corrected chi connectivity index (χ2v) is 10.9. The molecule has 180 valence electrons. The molecule has 2 aromatic heterocycles. The lowest BCUT2D eigenvalue weighted by Gasteiger charge is -2.32. The molecular weight excluding hydrogens is 460 g/mol. The molecule has 1 N–H and O–H groups in total. The van der Waals surface area contributed by atoms with E-state index in [1.54, 1.807) is 23.4 Å². The van der Waals surface area contributed by atoms with Crippen LogP contribution in [0.2, 0.25) is 0 Å². The van der Waals surface area contributed by atoms with Gasteiger partial charge in [-0.15, -0.1) is 0 Å². The van der Waals surface area contributed by atoms with Gasteiger partial charge in [0.15, 0.2) is 0 Å². The maximum absolute atomic E-state index is 13.5. The predicted octanol–water partition coefficient (Wildman–Crippen LogP) is 5.13. The SMILES string of the molecule is Cc1ccc(S(=O)(=O)N2CCCCC2C)cc1C(=O)Nc1c(-c2ccccc2)nc2ccccn12. The largest absolute Gasteiger partial charge is 0.306 e. The van der Waals surface area contributed by atoms with E-state index in [1.165, 1.54) is 6.07 Å². The average Bonchev–Trinajstić information content (AvgIpc) is 3.23. The van der Waals surface area contributed by atoms with Crippen LogP contribution in [0.15, 0.2) is 77.8 Å². The van der Waals surface area contributed by atoms with E-state index in [4.69, 9.17) is 4.98 Å². The van der Waals surface area contributed by atoms with E-state index in [0.717, 1.165) is 24.8 Å². The molecule has 2 aromatic carbocycles. The van der Waals surface area contributed by atoms with Gasteiger partial charge >= 0.3 is 0 Å². The molecule has 0 bridgehead atoms. The van der Waals surface area contributed by atoms with Crippen LogP contribution in [0.4, 0.5) is 5.82 Å². The van der Waals surface area contributed by atoms with Crippen LogP contribution in [0.25, 0.3) is 16.9 Å². The van der Waals surface area contributed by atoms with Gasteiger partial charge in [-0.25, -0.2) is 13.4 Å². The van der Waals surface area contributed by atoms with Gasteiger partial charge in [0.05, 0.1) is 4.90 Å². The summed E-state index contributed by atoms with van der Waals surface area (Å²) in [6, 6.07) is 20.0. The number of aryl methyl sites for hydroxylation is 1. The Morgan fingerprint density at radius 2 is 1.80 bits per heavy atom. The molecule has 1 atom stereocenters. The van der Waals surface area contributed by atoms with E-state index < -0.39 is 10.0 Å². The summed E-state index contributed by atoms with van der Waals surface area (Å²) in [4.78, 5) is 18.4. The molecule has 5 rings (SSSR count). The van der Waals surface area contributed by atoms with Gasteiger partial charge in [0.1, 0.15) is 17.2 Å². The van der Waals surface area contributed by atoms with Gasteiger partial charge in [-0.3, -0.25) is 9.20 Å². The van der Waals surface area contributed by atoms with Crippen LogP contribution in [0, 0.1) is 6.92 Å². The van der Waals surface area contributed by atoms with Crippen LogP contribution < -0.4 is 5.32 Å². The molecule has 1 unspecified atom stereocenters. The number of nitrogens with one attached hydrogen (secondary N) is 1. The number of hydrogen-bond donors (Lipinski definition) is 1. The Morgan fingerprint density at radius 3 is 2.57 bits per heavy atom. The normalized spacial score (nSPS) is 16.9. The molecule has 0 radical (unpaired) electrons. The lowest BCUT2D eigenvalue weighted by atomic mass is 10.1. The molecule has 7 nitrogen and oxygen atoms in total. The van der Waals surface area contributed by atoms with Gasteiger partial charge in [-0.1, -0.05) is 48.9 Å². The molecule has 1 amide bonds. The second-order valence-electron chi connectivity index (χ2n) is 9.00. The van der Waals surface area contributed by atoms with Crippen molar-refractivity contribution in [3.63, 3.8) is 0 Å². The number of benzene rings is 2. The minimum absolute atomic E-state index is 0.0566. The number of aromatic nitrogens is 2. The average molecular weight is 489 g/mol. The molecule has 4 aromatic rings. The van der Waals surface area contributed by atoms with E-state index in [9.17, 15) is 13.2 Å². The highest BCUT2D eigenvalue weighted by molar-refractivity contribution is 7.89. The van der Waals surface area contributed by atoms with Crippen molar-refractivity contribution >= 4 is 27.4 Å². The van der Waals surface area contributed by atoms with Crippen molar-refractivity contribution in [3.8, 4) is 11.3 Å². The maximum Gasteiger partial charge on any atom is 0.257 e. The number of carbonyl (C=O) groups is 1. The Morgan fingerprint density at radius 1 is 1.03 bits per heavy atom. The zero-order valence-electron chi connectivity index (χ0n) is 19.8. The topological polar surface area (TPSA) is 83.8 Å². The van der Waals surface area contributed by atoms with Crippen LogP contribution in [0.3, 0.4) is 0 Å². The number of amides is 1. The lowest BCUT2D eigenvalue weighted by Crippen LogP contribution is -2.42. The zero-order valence-corrected chi connectivity index (χ0v) is 20.6. The van der Waals surface area contributed by atoms with Crippen LogP contribution in [-0.2, 0) is 10.0 Å². The fourth-order valence-corrected chi connectivity index (χ4v) is 6.38. The molecule has 8 heteroatoms. The third kappa shape index (κ3) is 4.35. The van der Waals surface area contributed by atoms with Crippen molar-refractivity contribution < 1.29 is 13.2 Å². The third-order valence-corrected chi connectivity index (χ3v) is 8.62. The summed E-state index contributed by atoms with van der Waals surface area (Å²) in [6.07, 6.45) is 4.56. The summed E-state index contributed by atoms with van der Waals surface area (Å²) in [6.45, 7) is 4.25. The first-order valence-corrected chi connectivity index (χ1v) is 13.3. The highest BCUT2D eigenvalue weighted by atomic mass is 32.2. The monoisotopic (exact) mass is 488 g/mol. The summed E-state index contributed by atoms with van der Waals surface area (Å²) in [5.74, 6) is 0.156. The van der Waals surface area contributed by atoms with Gasteiger partial charge in [0, 0.05) is 29.9 Å². The van der Waals surface area contributed by atoms with Crippen LogP contribution in [0.1, 0.15) is 42.1 Å². The first-order valence-electron chi connectivity index (χ1n) is 11.8. The highest BCUT2D eigenvalue weighted by Crippen LogP contribution is 2.30. The molecule has 1 aliphatic rings. The molecule has 0 aliphatic carbocycles. The lowest BCUT2D eigenvalue weighted by molar-refractivity contribution is 0.102. The summed E-state index contributed by atoms with van der Waals surface area (Å²) in [5.41, 5.74) is 3.24. The molecule has 0 saturated carbocycles. The fraction of sp³-hybridized carbons (Fsp3) is 0.259. The molecule has 0 spiro atoms. The van der Waals surface area contributed by atoms with Crippen molar-refractivity contribution in [2.45, 2.75) is 44.0 Å². The van der Waals surface area contributed by atoms with Gasteiger partial charge in [-0.2, -0.15) is 4.31 Å². The van der Waals surface area contributed by atoms with Crippen molar-refractivity contribution in [2.24, 2.45) is 0 Å². The number of sulfonamides is 1. The van der Waals surface area contributed by atoms with E-state index in [2.05, 4.69) is 5.32 Å². The Bertz CT molecular complexity index is 1500. The Hall–Kier alpha value is -3.49. The van der Waals surface area contributed by atoms with Gasteiger partial charge in [0.25, 0.3) is 5.91 Å². The van der Waals surface area contributed by atoms with Gasteiger partial charge < -0.3 is 5.32 Å². The predicted molar refractivity (Wildman–Crippen MR) is 137 cm³/mol. The summed E-state index contributed by atoms with van der Waals surface area (Å²) >= 11 is 0. The number of piperidine rings is 1. The number of anilines is 1. The molecule has 1 aliphatic heterocycles. The van der Waals surface area contributed by atoms with Gasteiger partial charge in [0.2, 0.25) is 10.0 Å². The summed E-state index contributed by atoms with van der Waals surface area (Å²) in [7, 11) is -3.70. The van der Waals surface area contributed by atoms with Crippen LogP contribution in [0.5, 0.6) is 0 Å². The Kier molecular flexibility index (Phi) is 6.17. The molecule has 3 heterocycles. The minimum atomic E-state index is -3.70. The standard InChI is InChI=1S/C27H28N4O3S/c1-19-14-15-22(35(33,34)31-17-9-6-10-20(31)2)18-23(19)27(32)29-26-25(21-11-4-3-5-12-21)28-24-13-7-8-16-30(24)26/h3-5,7-8,11-16,18,20H,6,9-10,17H2,1-2H3,(H,29,32). The van der Waals surface area contributed by atoms with E-state index in [-0.39, 0.29) is 16.8 Å². The second kappa shape index (κ2) is 9.28. The first-order chi connectivity index (χ1) is 16.9. The molecule has 35 heavy (non-hydrogen) atoms. The number of hydrogen-bond acceptors (Lipinski definition) is 4.